The van der Waals surface area contributed by atoms with Crippen LogP contribution in [0.25, 0.3) is 0 Å². The van der Waals surface area contributed by atoms with Gasteiger partial charge < -0.3 is 10.1 Å². The van der Waals surface area contributed by atoms with E-state index in [1.165, 1.54) is 16.9 Å². The fraction of sp³-hybridized carbons (Fsp3) is 0.320. The number of fused-ring (bicyclic) bond motifs is 1. The SMILES string of the molecule is COc1ccc(C(=O)Nc2nc3c(s2)CCCC3C(=O)Nc2ccc(C(C)C)cc2)cc1. The van der Waals surface area contributed by atoms with E-state index < -0.39 is 0 Å². The number of thiazole rings is 1. The lowest BCUT2D eigenvalue weighted by Crippen LogP contribution is -2.24. The quantitative estimate of drug-likeness (QED) is 0.514. The molecule has 2 amide bonds. The number of rotatable bonds is 6. The Hall–Kier alpha value is -3.19. The van der Waals surface area contributed by atoms with Gasteiger partial charge in [0, 0.05) is 16.1 Å². The van der Waals surface area contributed by atoms with Gasteiger partial charge in [0.15, 0.2) is 5.13 Å². The van der Waals surface area contributed by atoms with Crippen molar-refractivity contribution in [1.82, 2.24) is 4.98 Å². The third-order valence-electron chi connectivity index (χ3n) is 5.69. The summed E-state index contributed by atoms with van der Waals surface area (Å²) in [6.07, 6.45) is 2.54. The molecule has 2 aromatic carbocycles. The van der Waals surface area contributed by atoms with Crippen LogP contribution >= 0.6 is 11.3 Å². The first-order valence-corrected chi connectivity index (χ1v) is 11.6. The molecule has 2 N–H and O–H groups in total. The Kier molecular flexibility index (Phi) is 6.55. The fourth-order valence-corrected chi connectivity index (χ4v) is 4.88. The van der Waals surface area contributed by atoms with Crippen LogP contribution in [0.5, 0.6) is 5.75 Å². The van der Waals surface area contributed by atoms with E-state index in [4.69, 9.17) is 4.74 Å². The van der Waals surface area contributed by atoms with Crippen LogP contribution < -0.4 is 15.4 Å². The van der Waals surface area contributed by atoms with Gasteiger partial charge in [0.1, 0.15) is 5.75 Å². The molecule has 4 rings (SSSR count). The molecule has 0 saturated heterocycles. The lowest BCUT2D eigenvalue weighted by Gasteiger charge is -2.20. The van der Waals surface area contributed by atoms with Crippen LogP contribution in [0.15, 0.2) is 48.5 Å². The van der Waals surface area contributed by atoms with Crippen molar-refractivity contribution in [3.8, 4) is 5.75 Å². The number of anilines is 2. The van der Waals surface area contributed by atoms with Crippen LogP contribution in [0.4, 0.5) is 10.8 Å². The van der Waals surface area contributed by atoms with Crippen molar-refractivity contribution >= 4 is 34.0 Å². The number of aryl methyl sites for hydroxylation is 1. The summed E-state index contributed by atoms with van der Waals surface area (Å²) < 4.78 is 5.14. The van der Waals surface area contributed by atoms with Crippen LogP contribution in [0.1, 0.15) is 65.0 Å². The van der Waals surface area contributed by atoms with E-state index >= 15 is 0 Å². The third kappa shape index (κ3) is 4.83. The van der Waals surface area contributed by atoms with E-state index in [0.29, 0.717) is 22.4 Å². The highest BCUT2D eigenvalue weighted by atomic mass is 32.1. The van der Waals surface area contributed by atoms with Crippen molar-refractivity contribution in [2.45, 2.75) is 44.9 Å². The molecule has 0 spiro atoms. The normalized spacial score (nSPS) is 15.2. The Bertz CT molecular complexity index is 1100. The summed E-state index contributed by atoms with van der Waals surface area (Å²) in [6, 6.07) is 14.9. The maximum Gasteiger partial charge on any atom is 0.257 e. The van der Waals surface area contributed by atoms with E-state index in [2.05, 4.69) is 29.5 Å². The van der Waals surface area contributed by atoms with Gasteiger partial charge in [-0.1, -0.05) is 26.0 Å². The molecule has 1 unspecified atom stereocenters. The van der Waals surface area contributed by atoms with E-state index in [1.807, 2.05) is 24.3 Å². The fourth-order valence-electron chi connectivity index (χ4n) is 3.82. The minimum absolute atomic E-state index is 0.0541. The molecule has 0 aliphatic heterocycles. The molecule has 0 bridgehead atoms. The van der Waals surface area contributed by atoms with Gasteiger partial charge >= 0.3 is 0 Å². The lowest BCUT2D eigenvalue weighted by molar-refractivity contribution is -0.117. The molecule has 1 aliphatic rings. The van der Waals surface area contributed by atoms with Crippen molar-refractivity contribution < 1.29 is 14.3 Å². The minimum atomic E-state index is -0.314. The van der Waals surface area contributed by atoms with Crippen LogP contribution in [0.3, 0.4) is 0 Å². The van der Waals surface area contributed by atoms with E-state index in [-0.39, 0.29) is 17.7 Å². The summed E-state index contributed by atoms with van der Waals surface area (Å²) >= 11 is 1.45. The summed E-state index contributed by atoms with van der Waals surface area (Å²) in [4.78, 5) is 31.3. The van der Waals surface area contributed by atoms with Crippen molar-refractivity contribution in [3.63, 3.8) is 0 Å². The maximum atomic E-state index is 13.0. The molecule has 0 radical (unpaired) electrons. The minimum Gasteiger partial charge on any atom is -0.497 e. The molecule has 7 heteroatoms. The van der Waals surface area contributed by atoms with Gasteiger partial charge in [-0.15, -0.1) is 11.3 Å². The Balaban J connectivity index is 1.46. The number of methoxy groups -OCH3 is 1. The molecule has 0 saturated carbocycles. The van der Waals surface area contributed by atoms with Crippen molar-refractivity contribution in [2.75, 3.05) is 17.7 Å². The first kappa shape index (κ1) is 22.0. The number of ether oxygens (including phenoxy) is 1. The van der Waals surface area contributed by atoms with Gasteiger partial charge in [0.25, 0.3) is 5.91 Å². The lowest BCUT2D eigenvalue weighted by atomic mass is 9.90. The number of nitrogens with one attached hydrogen (secondary N) is 2. The zero-order chi connectivity index (χ0) is 22.7. The number of hydrogen-bond acceptors (Lipinski definition) is 5. The van der Waals surface area contributed by atoms with Gasteiger partial charge in [-0.05, 0) is 67.1 Å². The molecule has 1 heterocycles. The van der Waals surface area contributed by atoms with Gasteiger partial charge in [-0.2, -0.15) is 0 Å². The number of benzene rings is 2. The van der Waals surface area contributed by atoms with Gasteiger partial charge in [0.05, 0.1) is 18.7 Å². The number of nitrogens with zero attached hydrogens (tertiary/aromatic N) is 1. The average molecular weight is 450 g/mol. The molecule has 0 fully saturated rings. The van der Waals surface area contributed by atoms with E-state index in [9.17, 15) is 9.59 Å². The second-order valence-electron chi connectivity index (χ2n) is 8.22. The van der Waals surface area contributed by atoms with E-state index in [1.54, 1.807) is 31.4 Å². The van der Waals surface area contributed by atoms with Crippen LogP contribution in [-0.2, 0) is 11.2 Å². The Labute approximate surface area is 192 Å². The Morgan fingerprint density at radius 1 is 1.06 bits per heavy atom. The average Bonchev–Trinajstić information content (AvgIpc) is 3.21. The predicted molar refractivity (Wildman–Crippen MR) is 128 cm³/mol. The number of hydrogen-bond donors (Lipinski definition) is 2. The van der Waals surface area contributed by atoms with Gasteiger partial charge in [-0.25, -0.2) is 4.98 Å². The summed E-state index contributed by atoms with van der Waals surface area (Å²) in [5.41, 5.74) is 3.33. The molecule has 3 aromatic rings. The smallest absolute Gasteiger partial charge is 0.257 e. The van der Waals surface area contributed by atoms with Crippen LogP contribution in [0, 0.1) is 0 Å². The molecule has 166 valence electrons. The summed E-state index contributed by atoms with van der Waals surface area (Å²) in [7, 11) is 1.59. The maximum absolute atomic E-state index is 13.0. The first-order valence-electron chi connectivity index (χ1n) is 10.8. The Morgan fingerprint density at radius 3 is 2.44 bits per heavy atom. The highest BCUT2D eigenvalue weighted by Crippen LogP contribution is 2.37. The largest absolute Gasteiger partial charge is 0.497 e. The van der Waals surface area contributed by atoms with Gasteiger partial charge in [0.2, 0.25) is 5.91 Å². The molecular weight excluding hydrogens is 422 g/mol. The second kappa shape index (κ2) is 9.53. The summed E-state index contributed by atoms with van der Waals surface area (Å²) in [6.45, 7) is 4.29. The zero-order valence-corrected chi connectivity index (χ0v) is 19.3. The first-order chi connectivity index (χ1) is 15.4. The van der Waals surface area contributed by atoms with Gasteiger partial charge in [-0.3, -0.25) is 14.9 Å². The van der Waals surface area contributed by atoms with Crippen molar-refractivity contribution in [2.24, 2.45) is 0 Å². The highest BCUT2D eigenvalue weighted by molar-refractivity contribution is 7.16. The zero-order valence-electron chi connectivity index (χ0n) is 18.5. The molecule has 6 nitrogen and oxygen atoms in total. The molecular formula is C25H27N3O3S. The molecule has 1 aromatic heterocycles. The summed E-state index contributed by atoms with van der Waals surface area (Å²) in [5.74, 6) is 0.541. The topological polar surface area (TPSA) is 80.3 Å². The standard InChI is InChI=1S/C25H27N3O3S/c1-15(2)16-7-11-18(12-8-16)26-24(30)20-5-4-6-21-22(20)27-25(32-21)28-23(29)17-9-13-19(31-3)14-10-17/h7-15,20H,4-6H2,1-3H3,(H,26,30)(H,27,28,29). The van der Waals surface area contributed by atoms with Crippen molar-refractivity contribution in [1.29, 1.82) is 0 Å². The molecule has 1 atom stereocenters. The Morgan fingerprint density at radius 2 is 1.78 bits per heavy atom. The summed E-state index contributed by atoms with van der Waals surface area (Å²) in [5, 5.41) is 6.43. The number of amides is 2. The van der Waals surface area contributed by atoms with Crippen LogP contribution in [-0.4, -0.2) is 23.9 Å². The molecule has 32 heavy (non-hydrogen) atoms. The van der Waals surface area contributed by atoms with Crippen LogP contribution in [0.2, 0.25) is 0 Å². The second-order valence-corrected chi connectivity index (χ2v) is 9.30. The molecule has 1 aliphatic carbocycles. The number of carbonyl (C=O) groups is 2. The number of aromatic nitrogens is 1. The van der Waals surface area contributed by atoms with E-state index in [0.717, 1.165) is 35.5 Å². The predicted octanol–water partition coefficient (Wildman–Crippen LogP) is 5.59. The monoisotopic (exact) mass is 449 g/mol. The van der Waals surface area contributed by atoms with Crippen molar-refractivity contribution in [3.05, 3.63) is 70.2 Å². The number of carbonyl (C=O) groups excluding carboxylic acids is 2. The third-order valence-corrected chi connectivity index (χ3v) is 6.73. The highest BCUT2D eigenvalue weighted by Gasteiger charge is 2.30.